The standard InChI is InChI=1S/C17H19NO6S/c1-22-10-17-9-18(7-13(17)8-23-11-17)25(20,21)14-3-4-15-12(6-14)2-5-16(19)24-15/h2-6,13H,7-11H2,1H3/t13-,17-/m0/s1. The molecule has 0 amide bonds. The van der Waals surface area contributed by atoms with Gasteiger partial charge in [-0.25, -0.2) is 13.2 Å². The Morgan fingerprint density at radius 1 is 1.32 bits per heavy atom. The average Bonchev–Trinajstić information content (AvgIpc) is 3.11. The van der Waals surface area contributed by atoms with E-state index in [1.54, 1.807) is 19.2 Å². The van der Waals surface area contributed by atoms with E-state index >= 15 is 0 Å². The van der Waals surface area contributed by atoms with Crippen molar-refractivity contribution in [1.82, 2.24) is 4.31 Å². The second-order valence-corrected chi connectivity index (χ2v) is 8.70. The molecule has 0 bridgehead atoms. The van der Waals surface area contributed by atoms with Crippen LogP contribution in [0.5, 0.6) is 0 Å². The minimum absolute atomic E-state index is 0.140. The van der Waals surface area contributed by atoms with Crippen molar-refractivity contribution >= 4 is 21.0 Å². The van der Waals surface area contributed by atoms with Crippen molar-refractivity contribution in [3.8, 4) is 0 Å². The zero-order valence-electron chi connectivity index (χ0n) is 13.8. The minimum atomic E-state index is -3.64. The third-order valence-corrected chi connectivity index (χ3v) is 6.96. The van der Waals surface area contributed by atoms with Gasteiger partial charge in [-0.15, -0.1) is 0 Å². The summed E-state index contributed by atoms with van der Waals surface area (Å²) in [4.78, 5) is 11.5. The monoisotopic (exact) mass is 365 g/mol. The molecule has 2 aliphatic heterocycles. The van der Waals surface area contributed by atoms with Crippen LogP contribution in [0.15, 0.2) is 44.4 Å². The summed E-state index contributed by atoms with van der Waals surface area (Å²) in [6.07, 6.45) is 0. The van der Waals surface area contributed by atoms with Crippen LogP contribution in [0.2, 0.25) is 0 Å². The van der Waals surface area contributed by atoms with Gasteiger partial charge in [-0.2, -0.15) is 4.31 Å². The maximum atomic E-state index is 13.1. The Hall–Kier alpha value is -1.74. The van der Waals surface area contributed by atoms with Crippen LogP contribution in [0.3, 0.4) is 0 Å². The van der Waals surface area contributed by atoms with Crippen molar-refractivity contribution in [2.75, 3.05) is 40.0 Å². The SMILES string of the molecule is COC[C@@]12COC[C@@H]1CN(S(=O)(=O)c1ccc3oc(=O)ccc3c1)C2. The highest BCUT2D eigenvalue weighted by Gasteiger charge is 2.53. The van der Waals surface area contributed by atoms with Crippen LogP contribution < -0.4 is 5.63 Å². The quantitative estimate of drug-likeness (QED) is 0.754. The van der Waals surface area contributed by atoms with Gasteiger partial charge >= 0.3 is 5.63 Å². The first-order valence-electron chi connectivity index (χ1n) is 8.05. The van der Waals surface area contributed by atoms with Crippen LogP contribution in [-0.2, 0) is 19.5 Å². The van der Waals surface area contributed by atoms with Gasteiger partial charge in [0.2, 0.25) is 10.0 Å². The van der Waals surface area contributed by atoms with Gasteiger partial charge in [-0.05, 0) is 24.3 Å². The highest BCUT2D eigenvalue weighted by molar-refractivity contribution is 7.89. The molecule has 25 heavy (non-hydrogen) atoms. The van der Waals surface area contributed by atoms with Crippen molar-refractivity contribution in [2.24, 2.45) is 11.3 Å². The summed E-state index contributed by atoms with van der Waals surface area (Å²) < 4.78 is 43.6. The third-order valence-electron chi connectivity index (χ3n) is 5.15. The zero-order chi connectivity index (χ0) is 17.7. The average molecular weight is 365 g/mol. The molecule has 0 aliphatic carbocycles. The third kappa shape index (κ3) is 2.69. The molecule has 2 aliphatic rings. The maximum Gasteiger partial charge on any atom is 0.336 e. The number of methoxy groups -OCH3 is 1. The van der Waals surface area contributed by atoms with Gasteiger partial charge in [0.1, 0.15) is 5.58 Å². The predicted molar refractivity (Wildman–Crippen MR) is 89.9 cm³/mol. The van der Waals surface area contributed by atoms with Crippen LogP contribution in [-0.4, -0.2) is 52.7 Å². The molecule has 2 saturated heterocycles. The Labute approximate surface area is 145 Å². The number of hydrogen-bond acceptors (Lipinski definition) is 6. The molecule has 2 fully saturated rings. The number of benzene rings is 1. The Bertz CT molecular complexity index is 969. The lowest BCUT2D eigenvalue weighted by atomic mass is 9.82. The number of rotatable bonds is 4. The smallest absolute Gasteiger partial charge is 0.336 e. The molecular formula is C17H19NO6S. The molecule has 0 unspecified atom stereocenters. The molecule has 8 heteroatoms. The van der Waals surface area contributed by atoms with Crippen molar-refractivity contribution in [2.45, 2.75) is 4.90 Å². The topological polar surface area (TPSA) is 86.1 Å². The van der Waals surface area contributed by atoms with E-state index in [9.17, 15) is 13.2 Å². The molecular weight excluding hydrogens is 346 g/mol. The first-order chi connectivity index (χ1) is 11.9. The Balaban J connectivity index is 1.68. The highest BCUT2D eigenvalue weighted by Crippen LogP contribution is 2.43. The summed E-state index contributed by atoms with van der Waals surface area (Å²) in [7, 11) is -2.01. The van der Waals surface area contributed by atoms with E-state index in [2.05, 4.69) is 0 Å². The summed E-state index contributed by atoms with van der Waals surface area (Å²) >= 11 is 0. The van der Waals surface area contributed by atoms with Crippen molar-refractivity contribution < 1.29 is 22.3 Å². The number of sulfonamides is 1. The molecule has 3 heterocycles. The fraction of sp³-hybridized carbons (Fsp3) is 0.471. The van der Waals surface area contributed by atoms with E-state index in [1.807, 2.05) is 0 Å². The van der Waals surface area contributed by atoms with Crippen molar-refractivity contribution in [3.63, 3.8) is 0 Å². The Kier molecular flexibility index (Phi) is 3.95. The Morgan fingerprint density at radius 2 is 2.16 bits per heavy atom. The van der Waals surface area contributed by atoms with Crippen LogP contribution in [0.25, 0.3) is 11.0 Å². The van der Waals surface area contributed by atoms with Gasteiger partial charge in [-0.1, -0.05) is 0 Å². The lowest BCUT2D eigenvalue weighted by molar-refractivity contribution is 0.0601. The van der Waals surface area contributed by atoms with Gasteiger partial charge < -0.3 is 13.9 Å². The van der Waals surface area contributed by atoms with Crippen molar-refractivity contribution in [1.29, 1.82) is 0 Å². The van der Waals surface area contributed by atoms with Gasteiger partial charge in [0.15, 0.2) is 0 Å². The summed E-state index contributed by atoms with van der Waals surface area (Å²) in [5.74, 6) is 0.140. The number of nitrogens with zero attached hydrogens (tertiary/aromatic N) is 1. The normalized spacial score (nSPS) is 27.0. The molecule has 4 rings (SSSR count). The fourth-order valence-electron chi connectivity index (χ4n) is 3.82. The van der Waals surface area contributed by atoms with Gasteiger partial charge in [-0.3, -0.25) is 0 Å². The van der Waals surface area contributed by atoms with Crippen molar-refractivity contribution in [3.05, 3.63) is 40.8 Å². The van der Waals surface area contributed by atoms with E-state index in [0.717, 1.165) is 0 Å². The summed E-state index contributed by atoms with van der Waals surface area (Å²) in [6, 6.07) is 7.40. The lowest BCUT2D eigenvalue weighted by Crippen LogP contribution is -2.37. The molecule has 2 aromatic rings. The lowest BCUT2D eigenvalue weighted by Gasteiger charge is -2.26. The maximum absolute atomic E-state index is 13.1. The van der Waals surface area contributed by atoms with Crippen LogP contribution in [0.4, 0.5) is 0 Å². The fourth-order valence-corrected chi connectivity index (χ4v) is 5.43. The molecule has 134 valence electrons. The largest absolute Gasteiger partial charge is 0.423 e. The molecule has 7 nitrogen and oxygen atoms in total. The van der Waals surface area contributed by atoms with Gasteiger partial charge in [0.05, 0.1) is 24.7 Å². The molecule has 0 spiro atoms. The number of fused-ring (bicyclic) bond motifs is 2. The highest BCUT2D eigenvalue weighted by atomic mass is 32.2. The van der Waals surface area contributed by atoms with E-state index in [4.69, 9.17) is 13.9 Å². The van der Waals surface area contributed by atoms with Gasteiger partial charge in [0, 0.05) is 43.0 Å². The van der Waals surface area contributed by atoms with Crippen LogP contribution in [0, 0.1) is 11.3 Å². The van der Waals surface area contributed by atoms with E-state index in [0.29, 0.717) is 43.9 Å². The molecule has 0 saturated carbocycles. The molecule has 1 aromatic heterocycles. The van der Waals surface area contributed by atoms with E-state index < -0.39 is 15.6 Å². The van der Waals surface area contributed by atoms with E-state index in [1.165, 1.54) is 22.5 Å². The van der Waals surface area contributed by atoms with Crippen LogP contribution >= 0.6 is 0 Å². The first kappa shape index (κ1) is 16.7. The van der Waals surface area contributed by atoms with Gasteiger partial charge in [0.25, 0.3) is 0 Å². The molecule has 1 aromatic carbocycles. The molecule has 0 N–H and O–H groups in total. The number of hydrogen-bond donors (Lipinski definition) is 0. The predicted octanol–water partition coefficient (Wildman–Crippen LogP) is 1.08. The number of ether oxygens (including phenoxy) is 2. The Morgan fingerprint density at radius 3 is 2.96 bits per heavy atom. The summed E-state index contributed by atoms with van der Waals surface area (Å²) in [5.41, 5.74) is -0.364. The minimum Gasteiger partial charge on any atom is -0.423 e. The zero-order valence-corrected chi connectivity index (χ0v) is 14.6. The summed E-state index contributed by atoms with van der Waals surface area (Å²) in [6.45, 7) is 2.36. The first-order valence-corrected chi connectivity index (χ1v) is 9.49. The molecule has 2 atom stereocenters. The van der Waals surface area contributed by atoms with Crippen LogP contribution in [0.1, 0.15) is 0 Å². The second kappa shape index (κ2) is 5.91. The van der Waals surface area contributed by atoms with E-state index in [-0.39, 0.29) is 16.2 Å². The summed E-state index contributed by atoms with van der Waals surface area (Å²) in [5, 5.41) is 0.579. The molecule has 0 radical (unpaired) electrons. The second-order valence-electron chi connectivity index (χ2n) is 6.76.